The van der Waals surface area contributed by atoms with Gasteiger partial charge in [0.2, 0.25) is 0 Å². The SMILES string of the molecule is CCC(N)c1cc(C)ccc1S(=O)(=O)CC. The van der Waals surface area contributed by atoms with E-state index in [0.29, 0.717) is 4.90 Å². The second-order valence-electron chi connectivity index (χ2n) is 3.96. The molecule has 90 valence electrons. The zero-order valence-electron chi connectivity index (χ0n) is 10.0. The van der Waals surface area contributed by atoms with Gasteiger partial charge in [-0.05, 0) is 25.0 Å². The molecule has 16 heavy (non-hydrogen) atoms. The first-order chi connectivity index (χ1) is 7.42. The first-order valence-corrected chi connectivity index (χ1v) is 7.16. The predicted octanol–water partition coefficient (Wildman–Crippen LogP) is 2.20. The monoisotopic (exact) mass is 241 g/mol. The summed E-state index contributed by atoms with van der Waals surface area (Å²) in [5.74, 6) is 0.111. The summed E-state index contributed by atoms with van der Waals surface area (Å²) >= 11 is 0. The molecule has 0 fully saturated rings. The normalized spacial score (nSPS) is 13.8. The molecule has 0 spiro atoms. The Hall–Kier alpha value is -0.870. The fraction of sp³-hybridized carbons (Fsp3) is 0.500. The summed E-state index contributed by atoms with van der Waals surface area (Å²) in [5.41, 5.74) is 7.73. The Kier molecular flexibility index (Phi) is 4.10. The van der Waals surface area contributed by atoms with Crippen molar-refractivity contribution in [1.82, 2.24) is 0 Å². The van der Waals surface area contributed by atoms with Gasteiger partial charge >= 0.3 is 0 Å². The molecule has 2 N–H and O–H groups in total. The third-order valence-corrected chi connectivity index (χ3v) is 4.52. The molecular weight excluding hydrogens is 222 g/mol. The molecule has 0 aliphatic heterocycles. The van der Waals surface area contributed by atoms with Crippen molar-refractivity contribution in [2.45, 2.75) is 38.1 Å². The van der Waals surface area contributed by atoms with Crippen LogP contribution in [0.1, 0.15) is 37.4 Å². The summed E-state index contributed by atoms with van der Waals surface area (Å²) in [5, 5.41) is 0. The first kappa shape index (κ1) is 13.2. The van der Waals surface area contributed by atoms with Crippen molar-refractivity contribution in [3.8, 4) is 0 Å². The van der Waals surface area contributed by atoms with Gasteiger partial charge in [-0.1, -0.05) is 31.5 Å². The minimum absolute atomic E-state index is 0.111. The van der Waals surface area contributed by atoms with Crippen LogP contribution in [0.5, 0.6) is 0 Å². The molecule has 1 atom stereocenters. The maximum absolute atomic E-state index is 11.9. The molecule has 1 unspecified atom stereocenters. The van der Waals surface area contributed by atoms with Crippen LogP contribution in [0, 0.1) is 6.92 Å². The lowest BCUT2D eigenvalue weighted by Crippen LogP contribution is -2.15. The zero-order chi connectivity index (χ0) is 12.3. The number of rotatable bonds is 4. The van der Waals surface area contributed by atoms with Gasteiger partial charge in [0.1, 0.15) is 0 Å². The van der Waals surface area contributed by atoms with Crippen LogP contribution in [0.25, 0.3) is 0 Å². The maximum Gasteiger partial charge on any atom is 0.178 e. The smallest absolute Gasteiger partial charge is 0.178 e. The van der Waals surface area contributed by atoms with Crippen molar-refractivity contribution < 1.29 is 8.42 Å². The Morgan fingerprint density at radius 3 is 2.44 bits per heavy atom. The topological polar surface area (TPSA) is 60.2 Å². The predicted molar refractivity (Wildman–Crippen MR) is 66.1 cm³/mol. The average molecular weight is 241 g/mol. The molecule has 3 nitrogen and oxygen atoms in total. The lowest BCUT2D eigenvalue weighted by Gasteiger charge is -2.15. The maximum atomic E-state index is 11.9. The molecule has 1 rings (SSSR count). The van der Waals surface area contributed by atoms with Gasteiger partial charge in [-0.3, -0.25) is 0 Å². The van der Waals surface area contributed by atoms with Crippen molar-refractivity contribution >= 4 is 9.84 Å². The second kappa shape index (κ2) is 4.97. The number of benzene rings is 1. The minimum Gasteiger partial charge on any atom is -0.324 e. The molecule has 4 heteroatoms. The molecular formula is C12H19NO2S. The highest BCUT2D eigenvalue weighted by molar-refractivity contribution is 7.91. The van der Waals surface area contributed by atoms with Crippen LogP contribution < -0.4 is 5.73 Å². The van der Waals surface area contributed by atoms with Crippen molar-refractivity contribution in [3.63, 3.8) is 0 Å². The minimum atomic E-state index is -3.18. The Morgan fingerprint density at radius 2 is 1.94 bits per heavy atom. The number of hydrogen-bond acceptors (Lipinski definition) is 3. The van der Waals surface area contributed by atoms with E-state index in [1.165, 1.54) is 0 Å². The van der Waals surface area contributed by atoms with E-state index in [9.17, 15) is 8.42 Å². The van der Waals surface area contributed by atoms with E-state index < -0.39 is 9.84 Å². The van der Waals surface area contributed by atoms with Gasteiger partial charge in [0.15, 0.2) is 9.84 Å². The molecule has 0 aliphatic carbocycles. The van der Waals surface area contributed by atoms with Crippen molar-refractivity contribution in [2.24, 2.45) is 5.73 Å². The lowest BCUT2D eigenvalue weighted by molar-refractivity contribution is 0.592. The standard InChI is InChI=1S/C12H19NO2S/c1-4-11(13)10-8-9(3)6-7-12(10)16(14,15)5-2/h6-8,11H,4-5,13H2,1-3H3. The Balaban J connectivity index is 3.40. The Morgan fingerprint density at radius 1 is 1.31 bits per heavy atom. The van der Waals surface area contributed by atoms with Gasteiger partial charge in [-0.15, -0.1) is 0 Å². The highest BCUT2D eigenvalue weighted by Gasteiger charge is 2.19. The van der Waals surface area contributed by atoms with Crippen LogP contribution in [0.3, 0.4) is 0 Å². The van der Waals surface area contributed by atoms with E-state index in [1.54, 1.807) is 13.0 Å². The van der Waals surface area contributed by atoms with Crippen LogP contribution in [0.15, 0.2) is 23.1 Å². The summed E-state index contributed by atoms with van der Waals surface area (Å²) in [4.78, 5) is 0.384. The molecule has 1 aromatic rings. The molecule has 0 amide bonds. The van der Waals surface area contributed by atoms with Crippen LogP contribution in [-0.2, 0) is 9.84 Å². The lowest BCUT2D eigenvalue weighted by atomic mass is 10.0. The average Bonchev–Trinajstić information content (AvgIpc) is 2.27. The van der Waals surface area contributed by atoms with Gasteiger partial charge in [0.25, 0.3) is 0 Å². The molecule has 1 aromatic carbocycles. The van der Waals surface area contributed by atoms with Crippen LogP contribution >= 0.6 is 0 Å². The summed E-state index contributed by atoms with van der Waals surface area (Å²) in [6.07, 6.45) is 0.732. The number of sulfone groups is 1. The molecule has 0 radical (unpaired) electrons. The van der Waals surface area contributed by atoms with Gasteiger partial charge in [-0.2, -0.15) is 0 Å². The highest BCUT2D eigenvalue weighted by atomic mass is 32.2. The van der Waals surface area contributed by atoms with Gasteiger partial charge in [-0.25, -0.2) is 8.42 Å². The molecule has 0 aromatic heterocycles. The summed E-state index contributed by atoms with van der Waals surface area (Å²) in [6.45, 7) is 5.54. The molecule has 0 bridgehead atoms. The van der Waals surface area contributed by atoms with E-state index in [2.05, 4.69) is 0 Å². The zero-order valence-corrected chi connectivity index (χ0v) is 10.8. The first-order valence-electron chi connectivity index (χ1n) is 5.51. The molecule has 0 heterocycles. The van der Waals surface area contributed by atoms with E-state index >= 15 is 0 Å². The third-order valence-electron chi connectivity index (χ3n) is 2.72. The summed E-state index contributed by atoms with van der Waals surface area (Å²) < 4.78 is 23.8. The van der Waals surface area contributed by atoms with E-state index in [1.807, 2.05) is 26.0 Å². The van der Waals surface area contributed by atoms with Crippen molar-refractivity contribution in [3.05, 3.63) is 29.3 Å². The number of aryl methyl sites for hydroxylation is 1. The second-order valence-corrected chi connectivity index (χ2v) is 6.21. The van der Waals surface area contributed by atoms with Gasteiger partial charge in [0.05, 0.1) is 10.6 Å². The largest absolute Gasteiger partial charge is 0.324 e. The summed E-state index contributed by atoms with van der Waals surface area (Å²) in [7, 11) is -3.18. The van der Waals surface area contributed by atoms with E-state index in [0.717, 1.165) is 17.5 Å². The fourth-order valence-corrected chi connectivity index (χ4v) is 2.77. The van der Waals surface area contributed by atoms with Gasteiger partial charge < -0.3 is 5.73 Å². The van der Waals surface area contributed by atoms with E-state index in [4.69, 9.17) is 5.73 Å². The van der Waals surface area contributed by atoms with E-state index in [-0.39, 0.29) is 11.8 Å². The third kappa shape index (κ3) is 2.62. The van der Waals surface area contributed by atoms with Crippen molar-refractivity contribution in [2.75, 3.05) is 5.75 Å². The van der Waals surface area contributed by atoms with Crippen molar-refractivity contribution in [1.29, 1.82) is 0 Å². The summed E-state index contributed by atoms with van der Waals surface area (Å²) in [6, 6.07) is 5.14. The van der Waals surface area contributed by atoms with Crippen LogP contribution in [0.4, 0.5) is 0 Å². The number of hydrogen-bond donors (Lipinski definition) is 1. The quantitative estimate of drug-likeness (QED) is 0.879. The van der Waals surface area contributed by atoms with Crippen LogP contribution in [0.2, 0.25) is 0 Å². The highest BCUT2D eigenvalue weighted by Crippen LogP contribution is 2.25. The Bertz CT molecular complexity index is 466. The fourth-order valence-electron chi connectivity index (χ4n) is 1.62. The Labute approximate surface area is 97.6 Å². The molecule has 0 aliphatic rings. The molecule has 0 saturated carbocycles. The van der Waals surface area contributed by atoms with Crippen LogP contribution in [-0.4, -0.2) is 14.2 Å². The molecule has 0 saturated heterocycles. The number of nitrogens with two attached hydrogens (primary N) is 1. The van der Waals surface area contributed by atoms with Gasteiger partial charge in [0, 0.05) is 6.04 Å².